The molecule has 0 radical (unpaired) electrons. The van der Waals surface area contributed by atoms with Gasteiger partial charge in [0.1, 0.15) is 11.5 Å². The summed E-state index contributed by atoms with van der Waals surface area (Å²) in [5, 5.41) is 31.7. The van der Waals surface area contributed by atoms with Gasteiger partial charge in [-0.3, -0.25) is 9.59 Å². The molecule has 0 saturated heterocycles. The Hall–Kier alpha value is -2.76. The fourth-order valence-corrected chi connectivity index (χ4v) is 4.61. The highest BCUT2D eigenvalue weighted by molar-refractivity contribution is 6.05. The van der Waals surface area contributed by atoms with E-state index in [1.807, 2.05) is 27.7 Å². The van der Waals surface area contributed by atoms with Crippen molar-refractivity contribution >= 4 is 11.6 Å². The molecule has 0 amide bonds. The van der Waals surface area contributed by atoms with Gasteiger partial charge >= 0.3 is 0 Å². The van der Waals surface area contributed by atoms with Gasteiger partial charge in [0, 0.05) is 42.7 Å². The predicted molar refractivity (Wildman–Crippen MR) is 113 cm³/mol. The number of aliphatic hydroxyl groups is 2. The van der Waals surface area contributed by atoms with Gasteiger partial charge in [0.25, 0.3) is 0 Å². The maximum Gasteiger partial charge on any atom is 0.163 e. The van der Waals surface area contributed by atoms with Crippen LogP contribution in [0.5, 0.6) is 11.5 Å². The first kappa shape index (κ1) is 21.9. The van der Waals surface area contributed by atoms with E-state index < -0.39 is 16.7 Å². The van der Waals surface area contributed by atoms with Crippen LogP contribution in [0.15, 0.2) is 40.9 Å². The number of ether oxygens (including phenoxy) is 1. The lowest BCUT2D eigenvalue weighted by molar-refractivity contribution is -0.119. The number of carbonyl (C=O) groups excluding carboxylic acids is 2. The molecular weight excluding hydrogens is 384 g/mol. The number of ketones is 2. The summed E-state index contributed by atoms with van der Waals surface area (Å²) >= 11 is 0. The molecule has 3 N–H and O–H groups in total. The van der Waals surface area contributed by atoms with E-state index in [0.29, 0.717) is 18.4 Å². The third kappa shape index (κ3) is 4.09. The van der Waals surface area contributed by atoms with E-state index in [2.05, 4.69) is 0 Å². The normalized spacial score (nSPS) is 21.4. The van der Waals surface area contributed by atoms with Crippen LogP contribution in [0.2, 0.25) is 0 Å². The second-order valence-electron chi connectivity index (χ2n) is 9.97. The number of methoxy groups -OCH3 is 1. The highest BCUT2D eigenvalue weighted by Gasteiger charge is 2.43. The lowest BCUT2D eigenvalue weighted by atomic mass is 9.67. The largest absolute Gasteiger partial charge is 0.512 e. The quantitative estimate of drug-likeness (QED) is 0.648. The molecule has 6 nitrogen and oxygen atoms in total. The summed E-state index contributed by atoms with van der Waals surface area (Å²) in [7, 11) is 1.41. The zero-order valence-electron chi connectivity index (χ0n) is 18.2. The topological polar surface area (TPSA) is 104 Å². The number of rotatable bonds is 4. The molecular formula is C24H30O6. The van der Waals surface area contributed by atoms with Gasteiger partial charge in [-0.25, -0.2) is 0 Å². The summed E-state index contributed by atoms with van der Waals surface area (Å²) in [4.78, 5) is 26.3. The van der Waals surface area contributed by atoms with Crippen molar-refractivity contribution in [2.24, 2.45) is 10.8 Å². The second kappa shape index (κ2) is 7.49. The van der Waals surface area contributed by atoms with E-state index in [9.17, 15) is 24.9 Å². The Labute approximate surface area is 176 Å². The van der Waals surface area contributed by atoms with Crippen LogP contribution in [0.1, 0.15) is 64.9 Å². The summed E-state index contributed by atoms with van der Waals surface area (Å²) in [5.74, 6) is -1.45. The van der Waals surface area contributed by atoms with Crippen LogP contribution in [0.3, 0.4) is 0 Å². The molecule has 0 spiro atoms. The smallest absolute Gasteiger partial charge is 0.163 e. The number of aromatic hydroxyl groups is 1. The third-order valence-corrected chi connectivity index (χ3v) is 5.91. The Bertz CT molecular complexity index is 912. The Morgan fingerprint density at radius 3 is 1.70 bits per heavy atom. The Balaban J connectivity index is 2.26. The van der Waals surface area contributed by atoms with Gasteiger partial charge in [-0.2, -0.15) is 0 Å². The summed E-state index contributed by atoms with van der Waals surface area (Å²) in [6.07, 6.45) is 1.05. The molecule has 2 aliphatic rings. The molecule has 0 atom stereocenters. The molecule has 0 aliphatic heterocycles. The van der Waals surface area contributed by atoms with Crippen LogP contribution < -0.4 is 4.74 Å². The number of carbonyl (C=O) groups is 2. The van der Waals surface area contributed by atoms with Gasteiger partial charge in [0.05, 0.1) is 7.11 Å². The minimum atomic E-state index is -0.924. The molecule has 3 rings (SSSR count). The number of hydrogen-bond donors (Lipinski definition) is 3. The lowest BCUT2D eigenvalue weighted by Crippen LogP contribution is -2.33. The van der Waals surface area contributed by atoms with Gasteiger partial charge in [-0.15, -0.1) is 0 Å². The molecule has 30 heavy (non-hydrogen) atoms. The SMILES string of the molecule is COc1cc(C(C2=C(O)CC(C)(C)CC2=O)C2=C(O)CC(C)(C)CC2=O)ccc1O. The molecule has 1 aromatic carbocycles. The number of phenols is 1. The molecule has 0 aromatic heterocycles. The average molecular weight is 414 g/mol. The van der Waals surface area contributed by atoms with E-state index >= 15 is 0 Å². The first-order chi connectivity index (χ1) is 13.8. The number of aliphatic hydroxyl groups excluding tert-OH is 2. The van der Waals surface area contributed by atoms with Crippen molar-refractivity contribution in [3.63, 3.8) is 0 Å². The van der Waals surface area contributed by atoms with Crippen molar-refractivity contribution in [2.45, 2.75) is 59.3 Å². The molecule has 0 fully saturated rings. The number of allylic oxidation sites excluding steroid dienone is 4. The molecule has 2 aliphatic carbocycles. The van der Waals surface area contributed by atoms with Crippen LogP contribution in [0.4, 0.5) is 0 Å². The minimum Gasteiger partial charge on any atom is -0.512 e. The molecule has 1 aromatic rings. The van der Waals surface area contributed by atoms with Gasteiger partial charge in [-0.05, 0) is 28.5 Å². The van der Waals surface area contributed by atoms with Gasteiger partial charge < -0.3 is 20.1 Å². The van der Waals surface area contributed by atoms with Crippen molar-refractivity contribution in [1.29, 1.82) is 0 Å². The number of phenolic OH excluding ortho intramolecular Hbond substituents is 1. The van der Waals surface area contributed by atoms with Crippen molar-refractivity contribution < 1.29 is 29.6 Å². The van der Waals surface area contributed by atoms with E-state index in [4.69, 9.17) is 4.74 Å². The fourth-order valence-electron chi connectivity index (χ4n) is 4.61. The average Bonchev–Trinajstić information content (AvgIpc) is 2.57. The molecule has 0 saturated carbocycles. The monoisotopic (exact) mass is 414 g/mol. The maximum absolute atomic E-state index is 13.1. The van der Waals surface area contributed by atoms with E-state index in [0.717, 1.165) is 0 Å². The van der Waals surface area contributed by atoms with Gasteiger partial charge in [0.2, 0.25) is 0 Å². The third-order valence-electron chi connectivity index (χ3n) is 5.91. The zero-order valence-corrected chi connectivity index (χ0v) is 18.2. The van der Waals surface area contributed by atoms with Crippen LogP contribution in [-0.2, 0) is 9.59 Å². The predicted octanol–water partition coefficient (Wildman–Crippen LogP) is 4.89. The lowest BCUT2D eigenvalue weighted by Gasteiger charge is -2.36. The Morgan fingerprint density at radius 2 is 1.30 bits per heavy atom. The molecule has 6 heteroatoms. The van der Waals surface area contributed by atoms with E-state index in [1.54, 1.807) is 12.1 Å². The van der Waals surface area contributed by atoms with Crippen molar-refractivity contribution in [2.75, 3.05) is 7.11 Å². The molecule has 0 heterocycles. The van der Waals surface area contributed by atoms with Crippen LogP contribution in [0, 0.1) is 10.8 Å². The van der Waals surface area contributed by atoms with E-state index in [1.165, 1.54) is 13.2 Å². The number of Topliss-reactive ketones (excluding diaryl/α,β-unsaturated/α-hetero) is 2. The van der Waals surface area contributed by atoms with E-state index in [-0.39, 0.29) is 58.6 Å². The summed E-state index contributed by atoms with van der Waals surface area (Å²) < 4.78 is 5.21. The Morgan fingerprint density at radius 1 is 0.833 bits per heavy atom. The van der Waals surface area contributed by atoms with Gasteiger partial charge in [-0.1, -0.05) is 33.8 Å². The Kier molecular flexibility index (Phi) is 5.48. The first-order valence-corrected chi connectivity index (χ1v) is 10.1. The van der Waals surface area contributed by atoms with Crippen molar-refractivity contribution in [1.82, 2.24) is 0 Å². The van der Waals surface area contributed by atoms with Crippen LogP contribution in [-0.4, -0.2) is 34.0 Å². The fraction of sp³-hybridized carbons (Fsp3) is 0.500. The first-order valence-electron chi connectivity index (χ1n) is 10.1. The van der Waals surface area contributed by atoms with Crippen molar-refractivity contribution in [3.05, 3.63) is 46.4 Å². The van der Waals surface area contributed by atoms with Crippen LogP contribution >= 0.6 is 0 Å². The second-order valence-corrected chi connectivity index (χ2v) is 9.97. The number of benzene rings is 1. The molecule has 0 unspecified atom stereocenters. The summed E-state index contributed by atoms with van der Waals surface area (Å²) in [6.45, 7) is 7.62. The number of hydrogen-bond acceptors (Lipinski definition) is 6. The standard InChI is InChI=1S/C24H30O6/c1-23(2)9-15(26)21(16(27)10-23)20(13-6-7-14(25)19(8-13)30-5)22-17(28)11-24(3,4)12-18(22)29/h6-8,20,25-26,28H,9-12H2,1-5H3. The molecule has 0 bridgehead atoms. The molecule has 162 valence electrons. The van der Waals surface area contributed by atoms with Crippen molar-refractivity contribution in [3.8, 4) is 11.5 Å². The van der Waals surface area contributed by atoms with Gasteiger partial charge in [0.15, 0.2) is 23.1 Å². The summed E-state index contributed by atoms with van der Waals surface area (Å²) in [5.41, 5.74) is -0.0181. The highest BCUT2D eigenvalue weighted by Crippen LogP contribution is 2.48. The summed E-state index contributed by atoms with van der Waals surface area (Å²) in [6, 6.07) is 4.55. The maximum atomic E-state index is 13.1. The zero-order chi connectivity index (χ0) is 22.4. The van der Waals surface area contributed by atoms with Crippen LogP contribution in [0.25, 0.3) is 0 Å². The minimum absolute atomic E-state index is 0.0637. The highest BCUT2D eigenvalue weighted by atomic mass is 16.5.